The predicted octanol–water partition coefficient (Wildman–Crippen LogP) is 2.73. The van der Waals surface area contributed by atoms with Gasteiger partial charge >= 0.3 is 0 Å². The molecule has 1 aromatic rings. The molecule has 1 heterocycles. The Hall–Kier alpha value is -0.800. The van der Waals surface area contributed by atoms with Gasteiger partial charge in [-0.15, -0.1) is 0 Å². The zero-order valence-corrected chi connectivity index (χ0v) is 9.73. The molecule has 0 saturated carbocycles. The third kappa shape index (κ3) is 2.66. The standard InChI is InChI=1S/C12H15ClFNO/c13-10-5-9(12(16)11(14)6-10)4-8-2-1-3-15-7-8/h5-6,8,15-16H,1-4,7H2. The first kappa shape index (κ1) is 11.7. The van der Waals surface area contributed by atoms with Gasteiger partial charge in [0, 0.05) is 5.02 Å². The molecule has 1 aromatic carbocycles. The Balaban J connectivity index is 2.13. The zero-order chi connectivity index (χ0) is 11.5. The molecule has 1 aliphatic rings. The molecule has 2 nitrogen and oxygen atoms in total. The largest absolute Gasteiger partial charge is 0.505 e. The van der Waals surface area contributed by atoms with Crippen molar-refractivity contribution in [3.63, 3.8) is 0 Å². The number of hydrogen-bond acceptors (Lipinski definition) is 2. The fourth-order valence-corrected chi connectivity index (χ4v) is 2.41. The second kappa shape index (κ2) is 5.02. The van der Waals surface area contributed by atoms with Crippen LogP contribution < -0.4 is 5.32 Å². The Bertz CT molecular complexity index is 378. The molecule has 0 spiro atoms. The highest BCUT2D eigenvalue weighted by Crippen LogP contribution is 2.29. The van der Waals surface area contributed by atoms with Gasteiger partial charge in [0.25, 0.3) is 0 Å². The van der Waals surface area contributed by atoms with Gasteiger partial charge in [-0.3, -0.25) is 0 Å². The summed E-state index contributed by atoms with van der Waals surface area (Å²) in [6, 6.07) is 2.79. The number of halogens is 2. The van der Waals surface area contributed by atoms with Crippen molar-refractivity contribution in [2.45, 2.75) is 19.3 Å². The summed E-state index contributed by atoms with van der Waals surface area (Å²) >= 11 is 5.77. The molecule has 1 saturated heterocycles. The molecule has 0 aliphatic carbocycles. The van der Waals surface area contributed by atoms with Crippen molar-refractivity contribution in [2.75, 3.05) is 13.1 Å². The van der Waals surface area contributed by atoms with E-state index in [1.165, 1.54) is 0 Å². The maximum absolute atomic E-state index is 13.2. The van der Waals surface area contributed by atoms with Crippen LogP contribution in [0.4, 0.5) is 4.39 Å². The van der Waals surface area contributed by atoms with Gasteiger partial charge in [-0.2, -0.15) is 0 Å². The number of aromatic hydroxyl groups is 1. The molecule has 0 radical (unpaired) electrons. The van der Waals surface area contributed by atoms with Gasteiger partial charge in [0.15, 0.2) is 11.6 Å². The zero-order valence-electron chi connectivity index (χ0n) is 8.97. The molecule has 1 aliphatic heterocycles. The first-order valence-corrected chi connectivity index (χ1v) is 5.92. The van der Waals surface area contributed by atoms with E-state index in [2.05, 4.69) is 5.32 Å². The monoisotopic (exact) mass is 243 g/mol. The van der Waals surface area contributed by atoms with Crippen molar-refractivity contribution in [2.24, 2.45) is 5.92 Å². The topological polar surface area (TPSA) is 32.3 Å². The van der Waals surface area contributed by atoms with Crippen molar-refractivity contribution in [3.8, 4) is 5.75 Å². The van der Waals surface area contributed by atoms with Crippen LogP contribution >= 0.6 is 11.6 Å². The van der Waals surface area contributed by atoms with Crippen LogP contribution in [0.15, 0.2) is 12.1 Å². The highest BCUT2D eigenvalue weighted by molar-refractivity contribution is 6.30. The molecular weight excluding hydrogens is 229 g/mol. The van der Waals surface area contributed by atoms with Crippen LogP contribution in [0.5, 0.6) is 5.75 Å². The number of phenolic OH excluding ortho intramolecular Hbond substituents is 1. The SMILES string of the molecule is Oc1c(F)cc(Cl)cc1CC1CCCNC1. The Morgan fingerprint density at radius 1 is 1.50 bits per heavy atom. The highest BCUT2D eigenvalue weighted by Gasteiger charge is 2.17. The van der Waals surface area contributed by atoms with Crippen molar-refractivity contribution in [3.05, 3.63) is 28.5 Å². The van der Waals surface area contributed by atoms with Crippen molar-refractivity contribution in [1.29, 1.82) is 0 Å². The Labute approximate surface area is 99.4 Å². The molecule has 0 amide bonds. The summed E-state index contributed by atoms with van der Waals surface area (Å²) < 4.78 is 13.2. The van der Waals surface area contributed by atoms with Crippen LogP contribution in [0, 0.1) is 11.7 Å². The molecule has 1 unspecified atom stereocenters. The summed E-state index contributed by atoms with van der Waals surface area (Å²) in [5.74, 6) is -0.432. The summed E-state index contributed by atoms with van der Waals surface area (Å²) in [5.41, 5.74) is 0.610. The average molecular weight is 244 g/mol. The maximum atomic E-state index is 13.2. The lowest BCUT2D eigenvalue weighted by Crippen LogP contribution is -2.30. The van der Waals surface area contributed by atoms with E-state index in [0.717, 1.165) is 32.0 Å². The summed E-state index contributed by atoms with van der Waals surface area (Å²) in [4.78, 5) is 0. The van der Waals surface area contributed by atoms with Crippen LogP contribution in [0.1, 0.15) is 18.4 Å². The molecule has 0 aromatic heterocycles. The molecule has 1 fully saturated rings. The normalized spacial score (nSPS) is 21.0. The van der Waals surface area contributed by atoms with Crippen LogP contribution in [0.3, 0.4) is 0 Å². The second-order valence-electron chi connectivity index (χ2n) is 4.31. The minimum Gasteiger partial charge on any atom is -0.505 e. The first-order chi connectivity index (χ1) is 7.66. The molecule has 2 N–H and O–H groups in total. The fraction of sp³-hybridized carbons (Fsp3) is 0.500. The number of nitrogens with one attached hydrogen (secondary N) is 1. The Morgan fingerprint density at radius 3 is 3.00 bits per heavy atom. The van der Waals surface area contributed by atoms with E-state index in [1.807, 2.05) is 0 Å². The minimum atomic E-state index is -0.633. The quantitative estimate of drug-likeness (QED) is 0.837. The molecule has 4 heteroatoms. The van der Waals surface area contributed by atoms with Crippen molar-refractivity contribution < 1.29 is 9.50 Å². The van der Waals surface area contributed by atoms with E-state index < -0.39 is 5.82 Å². The predicted molar refractivity (Wildman–Crippen MR) is 62.4 cm³/mol. The lowest BCUT2D eigenvalue weighted by Gasteiger charge is -2.23. The van der Waals surface area contributed by atoms with Crippen molar-refractivity contribution in [1.82, 2.24) is 5.32 Å². The van der Waals surface area contributed by atoms with E-state index in [1.54, 1.807) is 6.07 Å². The summed E-state index contributed by atoms with van der Waals surface area (Å²) in [6.07, 6.45) is 2.92. The van der Waals surface area contributed by atoms with Crippen molar-refractivity contribution >= 4 is 11.6 Å². The van der Waals surface area contributed by atoms with Gasteiger partial charge in [-0.05, 0) is 56.0 Å². The van der Waals surface area contributed by atoms with Gasteiger partial charge in [-0.25, -0.2) is 4.39 Å². The lowest BCUT2D eigenvalue weighted by atomic mass is 9.92. The van der Waals surface area contributed by atoms with E-state index >= 15 is 0 Å². The van der Waals surface area contributed by atoms with E-state index in [9.17, 15) is 9.50 Å². The fourth-order valence-electron chi connectivity index (χ4n) is 2.18. The van der Waals surface area contributed by atoms with Gasteiger partial charge in [0.05, 0.1) is 0 Å². The van der Waals surface area contributed by atoms with Gasteiger partial charge in [-0.1, -0.05) is 11.6 Å². The third-order valence-corrected chi connectivity index (χ3v) is 3.23. The van der Waals surface area contributed by atoms with E-state index in [4.69, 9.17) is 11.6 Å². The lowest BCUT2D eigenvalue weighted by molar-refractivity contribution is 0.365. The summed E-state index contributed by atoms with van der Waals surface area (Å²) in [6.45, 7) is 1.97. The number of rotatable bonds is 2. The second-order valence-corrected chi connectivity index (χ2v) is 4.75. The van der Waals surface area contributed by atoms with Crippen LogP contribution in [-0.4, -0.2) is 18.2 Å². The van der Waals surface area contributed by atoms with Gasteiger partial charge in [0.1, 0.15) is 0 Å². The molecule has 16 heavy (non-hydrogen) atoms. The number of piperidine rings is 1. The molecule has 1 atom stereocenters. The number of hydrogen-bond donors (Lipinski definition) is 2. The molecular formula is C12H15ClFNO. The third-order valence-electron chi connectivity index (χ3n) is 3.01. The van der Waals surface area contributed by atoms with Crippen LogP contribution in [0.2, 0.25) is 5.02 Å². The molecule has 0 bridgehead atoms. The summed E-state index contributed by atoms with van der Waals surface area (Å²) in [7, 11) is 0. The Morgan fingerprint density at radius 2 is 2.31 bits per heavy atom. The number of phenols is 1. The van der Waals surface area contributed by atoms with E-state index in [-0.39, 0.29) is 5.75 Å². The maximum Gasteiger partial charge on any atom is 0.166 e. The average Bonchev–Trinajstić information content (AvgIpc) is 2.27. The number of benzene rings is 1. The molecule has 2 rings (SSSR count). The summed E-state index contributed by atoms with van der Waals surface area (Å²) in [5, 5.41) is 13.2. The smallest absolute Gasteiger partial charge is 0.166 e. The van der Waals surface area contributed by atoms with Crippen LogP contribution in [0.25, 0.3) is 0 Å². The van der Waals surface area contributed by atoms with Gasteiger partial charge in [0.2, 0.25) is 0 Å². The molecule has 88 valence electrons. The minimum absolute atomic E-state index is 0.255. The Kier molecular flexibility index (Phi) is 3.66. The van der Waals surface area contributed by atoms with Gasteiger partial charge < -0.3 is 10.4 Å². The van der Waals surface area contributed by atoms with E-state index in [0.29, 0.717) is 22.9 Å². The highest BCUT2D eigenvalue weighted by atomic mass is 35.5. The van der Waals surface area contributed by atoms with Crippen LogP contribution in [-0.2, 0) is 6.42 Å². The first-order valence-electron chi connectivity index (χ1n) is 5.54.